The summed E-state index contributed by atoms with van der Waals surface area (Å²) in [5, 5.41) is 1.43. The van der Waals surface area contributed by atoms with Crippen molar-refractivity contribution >= 4 is 34.8 Å². The number of nitrogens with zero attached hydrogens (tertiary/aromatic N) is 1. The van der Waals surface area contributed by atoms with E-state index in [0.717, 1.165) is 23.7 Å². The van der Waals surface area contributed by atoms with Crippen molar-refractivity contribution in [1.29, 1.82) is 0 Å². The molecule has 1 aromatic carbocycles. The molecule has 0 saturated carbocycles. The Morgan fingerprint density at radius 1 is 1.31 bits per heavy atom. The molecule has 1 saturated heterocycles. The molecule has 0 bridgehead atoms. The lowest BCUT2D eigenvalue weighted by atomic mass is 10.2. The number of hydrogen-bond donors (Lipinski definition) is 0. The fourth-order valence-corrected chi connectivity index (χ4v) is 2.96. The Hall–Kier alpha value is 0.0500. The van der Waals surface area contributed by atoms with E-state index in [1.807, 2.05) is 12.1 Å². The van der Waals surface area contributed by atoms with Crippen molar-refractivity contribution in [3.63, 3.8) is 0 Å². The maximum absolute atomic E-state index is 6.15. The van der Waals surface area contributed by atoms with Gasteiger partial charge in [-0.2, -0.15) is 0 Å². The summed E-state index contributed by atoms with van der Waals surface area (Å²) in [5.41, 5.74) is 1.13. The van der Waals surface area contributed by atoms with Gasteiger partial charge in [-0.15, -0.1) is 11.6 Å². The molecule has 0 amide bonds. The first kappa shape index (κ1) is 12.5. The second-order valence-corrected chi connectivity index (χ2v) is 5.31. The van der Waals surface area contributed by atoms with Crippen LogP contribution in [0, 0.1) is 0 Å². The molecule has 1 fully saturated rings. The maximum atomic E-state index is 6.15. The van der Waals surface area contributed by atoms with Crippen molar-refractivity contribution in [3.8, 4) is 0 Å². The molecule has 1 aliphatic heterocycles. The molecule has 1 atom stereocenters. The average molecular weight is 279 g/mol. The summed E-state index contributed by atoms with van der Waals surface area (Å²) in [6, 6.07) is 6.17. The third kappa shape index (κ3) is 2.84. The molecule has 4 heteroatoms. The zero-order chi connectivity index (χ0) is 11.5. The maximum Gasteiger partial charge on any atom is 0.0465 e. The van der Waals surface area contributed by atoms with Gasteiger partial charge < -0.3 is 0 Å². The van der Waals surface area contributed by atoms with Crippen molar-refractivity contribution in [1.82, 2.24) is 4.90 Å². The normalized spacial score (nSPS) is 21.6. The smallest absolute Gasteiger partial charge is 0.0465 e. The summed E-state index contributed by atoms with van der Waals surface area (Å²) in [6.45, 7) is 1.98. The monoisotopic (exact) mass is 277 g/mol. The highest BCUT2D eigenvalue weighted by molar-refractivity contribution is 6.35. The predicted octanol–water partition coefficient (Wildman–Crippen LogP) is 4.20. The second-order valence-electron chi connectivity index (χ2n) is 4.16. The average Bonchev–Trinajstić information content (AvgIpc) is 2.69. The van der Waals surface area contributed by atoms with Gasteiger partial charge in [0.15, 0.2) is 0 Å². The number of rotatable bonds is 3. The third-order valence-corrected chi connectivity index (χ3v) is 4.01. The van der Waals surface area contributed by atoms with Crippen LogP contribution in [0.4, 0.5) is 0 Å². The number of benzene rings is 1. The first-order valence-corrected chi connectivity index (χ1v) is 6.73. The van der Waals surface area contributed by atoms with E-state index in [0.29, 0.717) is 16.9 Å². The highest BCUT2D eigenvalue weighted by Gasteiger charge is 2.23. The zero-order valence-corrected chi connectivity index (χ0v) is 11.2. The van der Waals surface area contributed by atoms with E-state index < -0.39 is 0 Å². The fourth-order valence-electron chi connectivity index (χ4n) is 2.15. The minimum atomic E-state index is 0.494. The van der Waals surface area contributed by atoms with Crippen molar-refractivity contribution in [2.75, 3.05) is 12.4 Å². The van der Waals surface area contributed by atoms with E-state index in [9.17, 15) is 0 Å². The molecule has 0 aliphatic carbocycles. The van der Waals surface area contributed by atoms with Gasteiger partial charge in [0.25, 0.3) is 0 Å². The van der Waals surface area contributed by atoms with Crippen molar-refractivity contribution in [2.45, 2.75) is 25.4 Å². The molecule has 1 nitrogen and oxygen atoms in total. The van der Waals surface area contributed by atoms with Gasteiger partial charge in [-0.05, 0) is 37.1 Å². The molecular formula is C12H14Cl3N. The molecule has 0 radical (unpaired) electrons. The van der Waals surface area contributed by atoms with Crippen molar-refractivity contribution in [2.24, 2.45) is 0 Å². The van der Waals surface area contributed by atoms with Gasteiger partial charge in [-0.25, -0.2) is 0 Å². The first-order chi connectivity index (χ1) is 7.70. The van der Waals surface area contributed by atoms with Gasteiger partial charge >= 0.3 is 0 Å². The molecule has 1 heterocycles. The van der Waals surface area contributed by atoms with Gasteiger partial charge in [0.1, 0.15) is 0 Å². The summed E-state index contributed by atoms with van der Waals surface area (Å²) in [4.78, 5) is 2.39. The van der Waals surface area contributed by atoms with Crippen molar-refractivity contribution < 1.29 is 0 Å². The minimum absolute atomic E-state index is 0.494. The van der Waals surface area contributed by atoms with Crippen LogP contribution in [0.15, 0.2) is 18.2 Å². The number of halogens is 3. The van der Waals surface area contributed by atoms with Crippen molar-refractivity contribution in [3.05, 3.63) is 33.8 Å². The van der Waals surface area contributed by atoms with Gasteiger partial charge in [0.05, 0.1) is 0 Å². The number of likely N-dealkylation sites (tertiary alicyclic amines) is 1. The van der Waals surface area contributed by atoms with Gasteiger partial charge in [0, 0.05) is 28.5 Å². The summed E-state index contributed by atoms with van der Waals surface area (Å²) in [6.07, 6.45) is 2.41. The molecule has 1 unspecified atom stereocenters. The lowest BCUT2D eigenvalue weighted by Crippen LogP contribution is -2.30. The Morgan fingerprint density at radius 2 is 2.12 bits per heavy atom. The molecule has 1 aromatic rings. The van der Waals surface area contributed by atoms with Crippen LogP contribution in [0.2, 0.25) is 10.0 Å². The Bertz CT molecular complexity index is 367. The first-order valence-electron chi connectivity index (χ1n) is 5.44. The van der Waals surface area contributed by atoms with Gasteiger partial charge in [0.2, 0.25) is 0 Å². The zero-order valence-electron chi connectivity index (χ0n) is 8.93. The summed E-state index contributed by atoms with van der Waals surface area (Å²) in [5.74, 6) is 0.700. The minimum Gasteiger partial charge on any atom is -0.295 e. The van der Waals surface area contributed by atoms with Crippen LogP contribution < -0.4 is 0 Å². The lowest BCUT2D eigenvalue weighted by Gasteiger charge is -2.23. The van der Waals surface area contributed by atoms with Crippen LogP contribution >= 0.6 is 34.8 Å². The Kier molecular flexibility index (Phi) is 4.37. The van der Waals surface area contributed by atoms with E-state index in [1.165, 1.54) is 12.8 Å². The molecule has 0 N–H and O–H groups in total. The Labute approximate surface area is 111 Å². The predicted molar refractivity (Wildman–Crippen MR) is 70.6 cm³/mol. The van der Waals surface area contributed by atoms with E-state index in [1.54, 1.807) is 6.07 Å². The van der Waals surface area contributed by atoms with E-state index in [4.69, 9.17) is 34.8 Å². The summed E-state index contributed by atoms with van der Waals surface area (Å²) in [7, 11) is 0. The topological polar surface area (TPSA) is 3.24 Å². The highest BCUT2D eigenvalue weighted by Crippen LogP contribution is 2.26. The second kappa shape index (κ2) is 5.59. The van der Waals surface area contributed by atoms with Gasteiger partial charge in [-0.1, -0.05) is 29.3 Å². The molecule has 2 rings (SSSR count). The van der Waals surface area contributed by atoms with E-state index >= 15 is 0 Å². The Morgan fingerprint density at radius 3 is 2.81 bits per heavy atom. The molecule has 0 spiro atoms. The number of hydrogen-bond acceptors (Lipinski definition) is 1. The highest BCUT2D eigenvalue weighted by atomic mass is 35.5. The molecular weight excluding hydrogens is 264 g/mol. The largest absolute Gasteiger partial charge is 0.295 e. The van der Waals surface area contributed by atoms with Crippen LogP contribution in [-0.2, 0) is 6.54 Å². The van der Waals surface area contributed by atoms with Crippen LogP contribution in [-0.4, -0.2) is 23.4 Å². The molecule has 16 heavy (non-hydrogen) atoms. The number of alkyl halides is 1. The third-order valence-electron chi connectivity index (χ3n) is 3.07. The Balaban J connectivity index is 2.08. The SMILES string of the molecule is ClCC1CCCN1Cc1ccc(Cl)cc1Cl. The standard InChI is InChI=1S/C12H14Cl3N/c13-7-11-2-1-5-16(11)8-9-3-4-10(14)6-12(9)15/h3-4,6,11H,1-2,5,7-8H2. The lowest BCUT2D eigenvalue weighted by molar-refractivity contribution is 0.263. The summed E-state index contributed by atoms with van der Waals surface area (Å²) >= 11 is 18.0. The van der Waals surface area contributed by atoms with Crippen LogP contribution in [0.5, 0.6) is 0 Å². The molecule has 0 aromatic heterocycles. The fraction of sp³-hybridized carbons (Fsp3) is 0.500. The van der Waals surface area contributed by atoms with Crippen LogP contribution in [0.1, 0.15) is 18.4 Å². The van der Waals surface area contributed by atoms with Crippen LogP contribution in [0.25, 0.3) is 0 Å². The van der Waals surface area contributed by atoms with Crippen LogP contribution in [0.3, 0.4) is 0 Å². The quantitative estimate of drug-likeness (QED) is 0.749. The van der Waals surface area contributed by atoms with E-state index in [2.05, 4.69) is 4.90 Å². The molecule has 1 aliphatic rings. The molecule has 88 valence electrons. The van der Waals surface area contributed by atoms with Gasteiger partial charge in [-0.3, -0.25) is 4.90 Å². The van der Waals surface area contributed by atoms with E-state index in [-0.39, 0.29) is 0 Å². The summed E-state index contributed by atoms with van der Waals surface area (Å²) < 4.78 is 0.